The molecule has 1 aromatic carbocycles. The van der Waals surface area contributed by atoms with Crippen molar-refractivity contribution in [3.63, 3.8) is 0 Å². The van der Waals surface area contributed by atoms with Gasteiger partial charge in [0.15, 0.2) is 0 Å². The largest absolute Gasteiger partial charge is 0.496 e. The topological polar surface area (TPSA) is 33.7 Å². The van der Waals surface area contributed by atoms with Crippen molar-refractivity contribution < 1.29 is 9.47 Å². The highest BCUT2D eigenvalue weighted by atomic mass is 16.5. The highest BCUT2D eigenvalue weighted by molar-refractivity contribution is 5.56. The van der Waals surface area contributed by atoms with E-state index in [0.29, 0.717) is 6.04 Å². The maximum atomic E-state index is 5.71. The fourth-order valence-electron chi connectivity index (χ4n) is 2.99. The fourth-order valence-corrected chi connectivity index (χ4v) is 2.99. The van der Waals surface area contributed by atoms with E-state index >= 15 is 0 Å². The van der Waals surface area contributed by atoms with Crippen LogP contribution in [0.3, 0.4) is 0 Å². The van der Waals surface area contributed by atoms with E-state index in [9.17, 15) is 0 Å². The van der Waals surface area contributed by atoms with Gasteiger partial charge in [0.1, 0.15) is 11.5 Å². The van der Waals surface area contributed by atoms with Crippen LogP contribution in [0.1, 0.15) is 36.6 Å². The maximum Gasteiger partial charge on any atom is 0.127 e. The van der Waals surface area contributed by atoms with E-state index in [2.05, 4.69) is 37.2 Å². The van der Waals surface area contributed by atoms with Gasteiger partial charge in [-0.25, -0.2) is 0 Å². The number of hydrogen-bond acceptors (Lipinski definition) is 4. The summed E-state index contributed by atoms with van der Waals surface area (Å²) in [6.45, 7) is 7.15. The number of likely N-dealkylation sites (N-methyl/N-ethyl adjacent to an activating group) is 1. The monoisotopic (exact) mass is 278 g/mol. The summed E-state index contributed by atoms with van der Waals surface area (Å²) < 4.78 is 11.4. The molecule has 4 heteroatoms. The van der Waals surface area contributed by atoms with Gasteiger partial charge in [-0.2, -0.15) is 0 Å². The molecule has 112 valence electrons. The number of nitrogens with one attached hydrogen (secondary N) is 1. The summed E-state index contributed by atoms with van der Waals surface area (Å²) in [6.07, 6.45) is 1.01. The van der Waals surface area contributed by atoms with E-state index in [0.717, 1.165) is 37.6 Å². The Bertz CT molecular complexity index is 474. The summed E-state index contributed by atoms with van der Waals surface area (Å²) in [5.74, 6) is 2.01. The third-order valence-electron chi connectivity index (χ3n) is 4.24. The number of ether oxygens (including phenoxy) is 2. The van der Waals surface area contributed by atoms with Crippen LogP contribution in [0, 0.1) is 0 Å². The molecule has 1 N–H and O–H groups in total. The van der Waals surface area contributed by atoms with E-state index in [-0.39, 0.29) is 0 Å². The second kappa shape index (κ2) is 6.46. The zero-order valence-corrected chi connectivity index (χ0v) is 13.2. The van der Waals surface area contributed by atoms with Gasteiger partial charge in [0, 0.05) is 35.8 Å². The van der Waals surface area contributed by atoms with Crippen LogP contribution >= 0.6 is 0 Å². The highest BCUT2D eigenvalue weighted by Crippen LogP contribution is 2.42. The van der Waals surface area contributed by atoms with Gasteiger partial charge in [0.2, 0.25) is 0 Å². The fraction of sp³-hybridized carbons (Fsp3) is 0.625. The van der Waals surface area contributed by atoms with Crippen LogP contribution < -0.4 is 14.8 Å². The van der Waals surface area contributed by atoms with Gasteiger partial charge < -0.3 is 14.8 Å². The summed E-state index contributed by atoms with van der Waals surface area (Å²) in [4.78, 5) is 2.36. The van der Waals surface area contributed by atoms with Gasteiger partial charge in [-0.1, -0.05) is 6.92 Å². The Hall–Kier alpha value is -1.26. The number of fused-ring (bicyclic) bond motifs is 1. The normalized spacial score (nSPS) is 18.8. The number of benzene rings is 1. The van der Waals surface area contributed by atoms with Crippen molar-refractivity contribution >= 4 is 0 Å². The number of nitrogens with zero attached hydrogens (tertiary/aromatic N) is 1. The minimum atomic E-state index is 0.357. The van der Waals surface area contributed by atoms with Gasteiger partial charge in [0.05, 0.1) is 14.2 Å². The van der Waals surface area contributed by atoms with Crippen LogP contribution in [0.25, 0.3) is 0 Å². The lowest BCUT2D eigenvalue weighted by atomic mass is 9.90. The first kappa shape index (κ1) is 15.1. The molecule has 1 unspecified atom stereocenters. The molecular formula is C16H26N2O2. The third kappa shape index (κ3) is 2.63. The number of hydrogen-bond donors (Lipinski definition) is 1. The lowest BCUT2D eigenvalue weighted by Gasteiger charge is -2.34. The predicted octanol–water partition coefficient (Wildman–Crippen LogP) is 2.36. The van der Waals surface area contributed by atoms with Crippen LogP contribution in [0.5, 0.6) is 11.5 Å². The van der Waals surface area contributed by atoms with Gasteiger partial charge >= 0.3 is 0 Å². The van der Waals surface area contributed by atoms with E-state index in [4.69, 9.17) is 9.47 Å². The van der Waals surface area contributed by atoms with Crippen LogP contribution in [0.2, 0.25) is 0 Å². The van der Waals surface area contributed by atoms with Crippen molar-refractivity contribution in [3.05, 3.63) is 22.8 Å². The molecule has 1 aliphatic heterocycles. The first-order chi connectivity index (χ1) is 9.63. The van der Waals surface area contributed by atoms with Crippen LogP contribution in [0.15, 0.2) is 6.07 Å². The van der Waals surface area contributed by atoms with Crippen molar-refractivity contribution in [1.29, 1.82) is 0 Å². The van der Waals surface area contributed by atoms with Crippen molar-refractivity contribution in [2.24, 2.45) is 0 Å². The zero-order valence-electron chi connectivity index (χ0n) is 13.2. The summed E-state index contributed by atoms with van der Waals surface area (Å²) in [5.41, 5.74) is 3.77. The number of methoxy groups -OCH3 is 2. The molecule has 0 saturated heterocycles. The van der Waals surface area contributed by atoms with Crippen molar-refractivity contribution in [3.8, 4) is 11.5 Å². The molecule has 0 saturated carbocycles. The average Bonchev–Trinajstić information content (AvgIpc) is 2.47. The Balaban J connectivity index is 2.54. The third-order valence-corrected chi connectivity index (χ3v) is 4.24. The van der Waals surface area contributed by atoms with Gasteiger partial charge in [-0.15, -0.1) is 0 Å². The molecule has 2 rings (SSSR count). The molecule has 1 heterocycles. The molecule has 4 nitrogen and oxygen atoms in total. The molecule has 0 bridgehead atoms. The van der Waals surface area contributed by atoms with E-state index in [1.807, 2.05) is 0 Å². The molecule has 1 aromatic rings. The molecule has 1 atom stereocenters. The second-order valence-corrected chi connectivity index (χ2v) is 5.35. The van der Waals surface area contributed by atoms with E-state index in [1.165, 1.54) is 16.7 Å². The summed E-state index contributed by atoms with van der Waals surface area (Å²) >= 11 is 0. The Labute approximate surface area is 122 Å². The molecular weight excluding hydrogens is 252 g/mol. The molecule has 20 heavy (non-hydrogen) atoms. The summed E-state index contributed by atoms with van der Waals surface area (Å²) in [6, 6.07) is 2.48. The minimum Gasteiger partial charge on any atom is -0.496 e. The first-order valence-electron chi connectivity index (χ1n) is 7.31. The quantitative estimate of drug-likeness (QED) is 0.896. The van der Waals surface area contributed by atoms with Crippen molar-refractivity contribution in [1.82, 2.24) is 10.2 Å². The molecule has 0 fully saturated rings. The standard InChI is InChI=1S/C16H26N2O2/c1-6-17-10-12-9-14(19-4)15-11(2)18(3)8-7-13(15)16(12)20-5/h9,11,17H,6-8,10H2,1-5H3. The lowest BCUT2D eigenvalue weighted by Crippen LogP contribution is -2.31. The summed E-state index contributed by atoms with van der Waals surface area (Å²) in [7, 11) is 5.67. The van der Waals surface area contributed by atoms with Crippen molar-refractivity contribution in [2.45, 2.75) is 32.9 Å². The molecule has 0 amide bonds. The first-order valence-corrected chi connectivity index (χ1v) is 7.31. The average molecular weight is 278 g/mol. The van der Waals surface area contributed by atoms with E-state index in [1.54, 1.807) is 14.2 Å². The Morgan fingerprint density at radius 1 is 1.35 bits per heavy atom. The number of rotatable bonds is 5. The lowest BCUT2D eigenvalue weighted by molar-refractivity contribution is 0.236. The second-order valence-electron chi connectivity index (χ2n) is 5.35. The van der Waals surface area contributed by atoms with E-state index < -0.39 is 0 Å². The zero-order chi connectivity index (χ0) is 14.7. The van der Waals surface area contributed by atoms with Gasteiger partial charge in [-0.05, 0) is 33.0 Å². The smallest absolute Gasteiger partial charge is 0.127 e. The van der Waals surface area contributed by atoms with Gasteiger partial charge in [0.25, 0.3) is 0 Å². The van der Waals surface area contributed by atoms with Gasteiger partial charge in [-0.3, -0.25) is 4.90 Å². The molecule has 0 spiro atoms. The Morgan fingerprint density at radius 3 is 2.70 bits per heavy atom. The Kier molecular flexibility index (Phi) is 4.89. The predicted molar refractivity (Wildman–Crippen MR) is 81.7 cm³/mol. The molecule has 0 radical (unpaired) electrons. The van der Waals surface area contributed by atoms with Crippen LogP contribution in [-0.2, 0) is 13.0 Å². The molecule has 0 aromatic heterocycles. The SMILES string of the molecule is CCNCc1cc(OC)c2c(c1OC)CCN(C)C2C. The van der Waals surface area contributed by atoms with Crippen molar-refractivity contribution in [2.75, 3.05) is 34.4 Å². The highest BCUT2D eigenvalue weighted by Gasteiger charge is 2.28. The Morgan fingerprint density at radius 2 is 2.10 bits per heavy atom. The molecule has 1 aliphatic rings. The summed E-state index contributed by atoms with van der Waals surface area (Å²) in [5, 5.41) is 3.37. The maximum absolute atomic E-state index is 5.71. The molecule has 0 aliphatic carbocycles. The van der Waals surface area contributed by atoms with Crippen LogP contribution in [0.4, 0.5) is 0 Å². The minimum absolute atomic E-state index is 0.357. The van der Waals surface area contributed by atoms with Crippen LogP contribution in [-0.4, -0.2) is 39.3 Å².